The Labute approximate surface area is 160 Å². The van der Waals surface area contributed by atoms with Gasteiger partial charge in [0, 0.05) is 6.26 Å². The first kappa shape index (κ1) is 20.7. The second-order valence-electron chi connectivity index (χ2n) is 6.78. The van der Waals surface area contributed by atoms with E-state index in [-0.39, 0.29) is 18.4 Å². The Morgan fingerprint density at radius 2 is 1.73 bits per heavy atom. The van der Waals surface area contributed by atoms with Gasteiger partial charge < -0.3 is 10.6 Å². The number of nitrogens with one attached hydrogen (secondary N) is 2. The van der Waals surface area contributed by atoms with Crippen molar-refractivity contribution in [2.24, 2.45) is 0 Å². The Balaban J connectivity index is 0.00000243. The average molecular weight is 397 g/mol. The molecule has 0 aliphatic carbocycles. The molecular formula is C19H25ClN2O3S. The summed E-state index contributed by atoms with van der Waals surface area (Å²) in [7, 11) is -3.51. The summed E-state index contributed by atoms with van der Waals surface area (Å²) in [6, 6.07) is 13.7. The van der Waals surface area contributed by atoms with Crippen LogP contribution >= 0.6 is 12.4 Å². The summed E-state index contributed by atoms with van der Waals surface area (Å²) in [5, 5.41) is 8.25. The highest BCUT2D eigenvalue weighted by molar-refractivity contribution is 7.92. The second kappa shape index (κ2) is 7.94. The fourth-order valence-electron chi connectivity index (χ4n) is 3.63. The maximum atomic E-state index is 13.0. The Bertz CT molecular complexity index is 887. The SMILES string of the molecule is CC(NC(=O)C1(S(C)(=O)=O)CCNCC1)c1cccc2ccccc12.Cl. The van der Waals surface area contributed by atoms with Gasteiger partial charge in [-0.2, -0.15) is 0 Å². The van der Waals surface area contributed by atoms with Crippen molar-refractivity contribution in [3.05, 3.63) is 48.0 Å². The highest BCUT2D eigenvalue weighted by Crippen LogP contribution is 2.30. The number of hydrogen-bond donors (Lipinski definition) is 2. The van der Waals surface area contributed by atoms with Crippen LogP contribution in [0.1, 0.15) is 31.4 Å². The summed E-state index contributed by atoms with van der Waals surface area (Å²) >= 11 is 0. The van der Waals surface area contributed by atoms with Crippen LogP contribution in [0.5, 0.6) is 0 Å². The van der Waals surface area contributed by atoms with E-state index in [4.69, 9.17) is 0 Å². The number of amides is 1. The van der Waals surface area contributed by atoms with Crippen molar-refractivity contribution in [1.82, 2.24) is 10.6 Å². The lowest BCUT2D eigenvalue weighted by atomic mass is 9.94. The second-order valence-corrected chi connectivity index (χ2v) is 9.11. The third-order valence-electron chi connectivity index (χ3n) is 5.17. The summed E-state index contributed by atoms with van der Waals surface area (Å²) in [5.41, 5.74) is 0.990. The van der Waals surface area contributed by atoms with Crippen molar-refractivity contribution < 1.29 is 13.2 Å². The van der Waals surface area contributed by atoms with Crippen LogP contribution in [0.4, 0.5) is 0 Å². The summed E-state index contributed by atoms with van der Waals surface area (Å²) < 4.78 is 23.4. The molecule has 5 nitrogen and oxygen atoms in total. The van der Waals surface area contributed by atoms with E-state index in [0.29, 0.717) is 25.9 Å². The van der Waals surface area contributed by atoms with E-state index in [9.17, 15) is 13.2 Å². The van der Waals surface area contributed by atoms with Gasteiger partial charge in [-0.05, 0) is 49.2 Å². The van der Waals surface area contributed by atoms with Crippen LogP contribution in [0.15, 0.2) is 42.5 Å². The number of carbonyl (C=O) groups excluding carboxylic acids is 1. The first-order valence-electron chi connectivity index (χ1n) is 8.54. The number of fused-ring (bicyclic) bond motifs is 1. The topological polar surface area (TPSA) is 75.3 Å². The number of piperidine rings is 1. The van der Waals surface area contributed by atoms with Crippen molar-refractivity contribution in [3.63, 3.8) is 0 Å². The molecule has 0 spiro atoms. The molecule has 2 N–H and O–H groups in total. The molecule has 1 atom stereocenters. The van der Waals surface area contributed by atoms with Gasteiger partial charge in [0.25, 0.3) is 0 Å². The lowest BCUT2D eigenvalue weighted by Gasteiger charge is -2.35. The predicted octanol–water partition coefficient (Wildman–Crippen LogP) is 2.61. The maximum Gasteiger partial charge on any atom is 0.242 e. The molecule has 1 aliphatic rings. The number of sulfone groups is 1. The van der Waals surface area contributed by atoms with Gasteiger partial charge in [0.1, 0.15) is 0 Å². The number of benzene rings is 2. The largest absolute Gasteiger partial charge is 0.348 e. The summed E-state index contributed by atoms with van der Waals surface area (Å²) in [6.45, 7) is 2.96. The van der Waals surface area contributed by atoms with Gasteiger partial charge in [-0.25, -0.2) is 8.42 Å². The molecule has 1 unspecified atom stereocenters. The van der Waals surface area contributed by atoms with Gasteiger partial charge in [0.15, 0.2) is 14.6 Å². The molecule has 2 aromatic carbocycles. The zero-order valence-electron chi connectivity index (χ0n) is 15.0. The molecule has 7 heteroatoms. The van der Waals surface area contributed by atoms with E-state index in [0.717, 1.165) is 16.3 Å². The Hall–Kier alpha value is -1.63. The highest BCUT2D eigenvalue weighted by Gasteiger charge is 2.48. The van der Waals surface area contributed by atoms with E-state index < -0.39 is 20.5 Å². The smallest absolute Gasteiger partial charge is 0.242 e. The van der Waals surface area contributed by atoms with E-state index in [1.165, 1.54) is 6.26 Å². The summed E-state index contributed by atoms with van der Waals surface area (Å²) in [5.74, 6) is -0.392. The quantitative estimate of drug-likeness (QED) is 0.832. The molecule has 1 amide bonds. The van der Waals surface area contributed by atoms with Crippen LogP contribution in [0.25, 0.3) is 10.8 Å². The minimum atomic E-state index is -3.51. The minimum Gasteiger partial charge on any atom is -0.348 e. The number of halogens is 1. The summed E-state index contributed by atoms with van der Waals surface area (Å²) in [4.78, 5) is 13.0. The van der Waals surface area contributed by atoms with E-state index >= 15 is 0 Å². The molecule has 142 valence electrons. The van der Waals surface area contributed by atoms with Gasteiger partial charge in [-0.15, -0.1) is 12.4 Å². The fourth-order valence-corrected chi connectivity index (χ4v) is 4.97. The van der Waals surface area contributed by atoms with Crippen LogP contribution < -0.4 is 10.6 Å². The fraction of sp³-hybridized carbons (Fsp3) is 0.421. The lowest BCUT2D eigenvalue weighted by Crippen LogP contribution is -2.57. The number of carbonyl (C=O) groups is 1. The molecule has 1 saturated heterocycles. The normalized spacial score (nSPS) is 17.9. The molecule has 1 aliphatic heterocycles. The molecular weight excluding hydrogens is 372 g/mol. The van der Waals surface area contributed by atoms with E-state index in [1.807, 2.05) is 49.4 Å². The van der Waals surface area contributed by atoms with Gasteiger partial charge in [0.05, 0.1) is 6.04 Å². The Kier molecular flexibility index (Phi) is 6.32. The molecule has 0 bridgehead atoms. The van der Waals surface area contributed by atoms with Crippen molar-refractivity contribution in [3.8, 4) is 0 Å². The van der Waals surface area contributed by atoms with Crippen LogP contribution in [0.2, 0.25) is 0 Å². The van der Waals surface area contributed by atoms with Crippen molar-refractivity contribution in [2.75, 3.05) is 19.3 Å². The number of rotatable bonds is 4. The molecule has 0 radical (unpaired) electrons. The molecule has 0 saturated carbocycles. The number of hydrogen-bond acceptors (Lipinski definition) is 4. The molecule has 1 heterocycles. The first-order valence-corrected chi connectivity index (χ1v) is 10.4. The van der Waals surface area contributed by atoms with Crippen LogP contribution in [-0.4, -0.2) is 38.4 Å². The molecule has 3 rings (SSSR count). The molecule has 26 heavy (non-hydrogen) atoms. The minimum absolute atomic E-state index is 0. The van der Waals surface area contributed by atoms with Gasteiger partial charge >= 0.3 is 0 Å². The predicted molar refractivity (Wildman–Crippen MR) is 107 cm³/mol. The Morgan fingerprint density at radius 1 is 1.12 bits per heavy atom. The third kappa shape index (κ3) is 3.72. The summed E-state index contributed by atoms with van der Waals surface area (Å²) in [6.07, 6.45) is 1.78. The van der Waals surface area contributed by atoms with E-state index in [2.05, 4.69) is 10.6 Å². The van der Waals surface area contributed by atoms with Crippen molar-refractivity contribution in [1.29, 1.82) is 0 Å². The highest BCUT2D eigenvalue weighted by atomic mass is 35.5. The average Bonchev–Trinajstić information content (AvgIpc) is 2.60. The first-order chi connectivity index (χ1) is 11.8. The molecule has 1 fully saturated rings. The molecule has 0 aromatic heterocycles. The Morgan fingerprint density at radius 3 is 2.38 bits per heavy atom. The van der Waals surface area contributed by atoms with E-state index in [1.54, 1.807) is 0 Å². The van der Waals surface area contributed by atoms with Gasteiger partial charge in [-0.3, -0.25) is 4.79 Å². The third-order valence-corrected chi connectivity index (χ3v) is 7.19. The van der Waals surface area contributed by atoms with Crippen molar-refractivity contribution >= 4 is 38.9 Å². The van der Waals surface area contributed by atoms with Crippen LogP contribution in [0.3, 0.4) is 0 Å². The standard InChI is InChI=1S/C19H24N2O3S.ClH/c1-14(16-9-5-7-15-6-3-4-8-17(15)16)21-18(22)19(25(2,23)24)10-12-20-13-11-19;/h3-9,14,20H,10-13H2,1-2H3,(H,21,22);1H. The van der Waals surface area contributed by atoms with Crippen molar-refractivity contribution in [2.45, 2.75) is 30.6 Å². The molecule has 2 aromatic rings. The monoisotopic (exact) mass is 396 g/mol. The van der Waals surface area contributed by atoms with Crippen LogP contribution in [-0.2, 0) is 14.6 Å². The zero-order valence-corrected chi connectivity index (χ0v) is 16.6. The lowest BCUT2D eigenvalue weighted by molar-refractivity contribution is -0.125. The van der Waals surface area contributed by atoms with Gasteiger partial charge in [0.2, 0.25) is 5.91 Å². The van der Waals surface area contributed by atoms with Gasteiger partial charge in [-0.1, -0.05) is 42.5 Å². The van der Waals surface area contributed by atoms with Crippen LogP contribution in [0, 0.1) is 0 Å². The maximum absolute atomic E-state index is 13.0. The zero-order chi connectivity index (χ0) is 18.1.